The van der Waals surface area contributed by atoms with Crippen LogP contribution in [0, 0.1) is 0 Å². The smallest absolute Gasteiger partial charge is 0.115 e. The lowest BCUT2D eigenvalue weighted by atomic mass is 10.2. The van der Waals surface area contributed by atoms with Crippen LogP contribution in [-0.2, 0) is 6.42 Å². The van der Waals surface area contributed by atoms with Crippen molar-refractivity contribution in [1.29, 1.82) is 0 Å². The van der Waals surface area contributed by atoms with Crippen molar-refractivity contribution in [3.05, 3.63) is 23.8 Å². The molecule has 1 heterocycles. The van der Waals surface area contributed by atoms with Crippen LogP contribution >= 0.6 is 0 Å². The summed E-state index contributed by atoms with van der Waals surface area (Å²) in [5.41, 5.74) is 2.56. The van der Waals surface area contributed by atoms with E-state index in [1.165, 1.54) is 6.33 Å². The Morgan fingerprint density at radius 3 is 3.18 bits per heavy atom. The molecule has 0 amide bonds. The van der Waals surface area contributed by atoms with Gasteiger partial charge >= 0.3 is 0 Å². The zero-order valence-electron chi connectivity index (χ0n) is 5.86. The van der Waals surface area contributed by atoms with E-state index in [9.17, 15) is 0 Å². The number of hydrogen-bond acceptors (Lipinski definition) is 4. The van der Waals surface area contributed by atoms with E-state index in [1.54, 1.807) is 6.20 Å². The molecular formula is C7H7N3O. The van der Waals surface area contributed by atoms with Gasteiger partial charge in [-0.15, -0.1) is 0 Å². The molecule has 1 aromatic rings. The lowest BCUT2D eigenvalue weighted by molar-refractivity contribution is 0.318. The molecule has 1 aliphatic carbocycles. The van der Waals surface area contributed by atoms with Crippen molar-refractivity contribution in [1.82, 2.24) is 9.97 Å². The van der Waals surface area contributed by atoms with Crippen LogP contribution in [0.1, 0.15) is 17.7 Å². The first kappa shape index (κ1) is 6.27. The van der Waals surface area contributed by atoms with Crippen LogP contribution in [0.5, 0.6) is 0 Å². The highest BCUT2D eigenvalue weighted by Crippen LogP contribution is 2.18. The predicted octanol–water partition coefficient (Wildman–Crippen LogP) is 0.601. The Bertz CT molecular complexity index is 308. The molecule has 4 nitrogen and oxygen atoms in total. The molecule has 0 unspecified atom stereocenters. The van der Waals surface area contributed by atoms with E-state index in [0.29, 0.717) is 5.71 Å². The average Bonchev–Trinajstić information content (AvgIpc) is 2.47. The number of rotatable bonds is 0. The summed E-state index contributed by atoms with van der Waals surface area (Å²) in [5.74, 6) is 0. The van der Waals surface area contributed by atoms with Crippen molar-refractivity contribution >= 4 is 5.71 Å². The molecule has 1 aromatic heterocycles. The van der Waals surface area contributed by atoms with E-state index in [4.69, 9.17) is 5.21 Å². The molecule has 2 rings (SSSR count). The lowest BCUT2D eigenvalue weighted by Crippen LogP contribution is -1.95. The molecule has 0 aliphatic heterocycles. The Morgan fingerprint density at radius 2 is 2.36 bits per heavy atom. The largest absolute Gasteiger partial charge is 0.411 e. The lowest BCUT2D eigenvalue weighted by Gasteiger charge is -1.93. The highest BCUT2D eigenvalue weighted by Gasteiger charge is 2.18. The monoisotopic (exact) mass is 149 g/mol. The molecule has 4 heteroatoms. The van der Waals surface area contributed by atoms with Crippen molar-refractivity contribution < 1.29 is 5.21 Å². The fourth-order valence-corrected chi connectivity index (χ4v) is 1.27. The van der Waals surface area contributed by atoms with Gasteiger partial charge in [0, 0.05) is 11.8 Å². The van der Waals surface area contributed by atoms with E-state index in [-0.39, 0.29) is 0 Å². The van der Waals surface area contributed by atoms with Crippen LogP contribution in [0.15, 0.2) is 17.7 Å². The Hall–Kier alpha value is -1.45. The maximum atomic E-state index is 8.55. The zero-order valence-corrected chi connectivity index (χ0v) is 5.86. The van der Waals surface area contributed by atoms with Gasteiger partial charge in [-0.1, -0.05) is 5.16 Å². The minimum atomic E-state index is 0.695. The molecule has 0 saturated carbocycles. The van der Waals surface area contributed by atoms with Gasteiger partial charge in [0.05, 0.1) is 11.4 Å². The van der Waals surface area contributed by atoms with Crippen molar-refractivity contribution in [3.63, 3.8) is 0 Å². The van der Waals surface area contributed by atoms with Gasteiger partial charge < -0.3 is 5.21 Å². The third kappa shape index (κ3) is 0.869. The first-order chi connectivity index (χ1) is 5.42. The van der Waals surface area contributed by atoms with Gasteiger partial charge in [-0.25, -0.2) is 9.97 Å². The summed E-state index contributed by atoms with van der Waals surface area (Å²) >= 11 is 0. The minimum Gasteiger partial charge on any atom is -0.411 e. The van der Waals surface area contributed by atoms with Gasteiger partial charge in [-0.05, 0) is 12.8 Å². The molecule has 1 aliphatic rings. The van der Waals surface area contributed by atoms with Crippen molar-refractivity contribution in [3.8, 4) is 0 Å². The van der Waals surface area contributed by atoms with Gasteiger partial charge in [-0.3, -0.25) is 0 Å². The molecule has 11 heavy (non-hydrogen) atoms. The molecule has 1 N–H and O–H groups in total. The van der Waals surface area contributed by atoms with Crippen LogP contribution in [0.25, 0.3) is 0 Å². The number of hydrogen-bond donors (Lipinski definition) is 1. The van der Waals surface area contributed by atoms with Crippen LogP contribution < -0.4 is 0 Å². The van der Waals surface area contributed by atoms with E-state index in [0.717, 1.165) is 24.1 Å². The van der Waals surface area contributed by atoms with Crippen molar-refractivity contribution in [2.24, 2.45) is 5.16 Å². The van der Waals surface area contributed by atoms with E-state index in [1.807, 2.05) is 0 Å². The van der Waals surface area contributed by atoms with E-state index < -0.39 is 0 Å². The van der Waals surface area contributed by atoms with E-state index >= 15 is 0 Å². The van der Waals surface area contributed by atoms with Gasteiger partial charge in [-0.2, -0.15) is 0 Å². The van der Waals surface area contributed by atoms with Crippen LogP contribution in [0.2, 0.25) is 0 Å². The zero-order chi connectivity index (χ0) is 7.68. The summed E-state index contributed by atoms with van der Waals surface area (Å²) < 4.78 is 0. The Morgan fingerprint density at radius 1 is 1.45 bits per heavy atom. The number of nitrogens with zero attached hydrogens (tertiary/aromatic N) is 3. The van der Waals surface area contributed by atoms with Crippen LogP contribution in [-0.4, -0.2) is 20.9 Å². The molecule has 0 radical (unpaired) electrons. The van der Waals surface area contributed by atoms with Crippen molar-refractivity contribution in [2.75, 3.05) is 0 Å². The standard InChI is InChI=1S/C7H7N3O/c11-10-7-2-1-6-5(7)3-8-4-9-6/h3-4,11H,1-2H2/b10-7-. The number of fused-ring (bicyclic) bond motifs is 1. The maximum Gasteiger partial charge on any atom is 0.115 e. The molecule has 56 valence electrons. The Kier molecular flexibility index (Phi) is 1.31. The molecule has 0 atom stereocenters. The molecule has 0 fully saturated rings. The van der Waals surface area contributed by atoms with Gasteiger partial charge in [0.25, 0.3) is 0 Å². The molecule has 0 aromatic carbocycles. The molecule has 0 spiro atoms. The summed E-state index contributed by atoms with van der Waals surface area (Å²) in [7, 11) is 0. The topological polar surface area (TPSA) is 58.4 Å². The second-order valence-corrected chi connectivity index (χ2v) is 2.43. The van der Waals surface area contributed by atoms with E-state index in [2.05, 4.69) is 15.1 Å². The highest BCUT2D eigenvalue weighted by molar-refractivity contribution is 6.03. The fraction of sp³-hybridized carbons (Fsp3) is 0.286. The molecule has 0 saturated heterocycles. The summed E-state index contributed by atoms with van der Waals surface area (Å²) in [6.07, 6.45) is 4.82. The first-order valence-corrected chi connectivity index (χ1v) is 3.42. The summed E-state index contributed by atoms with van der Waals surface area (Å²) in [6, 6.07) is 0. The third-order valence-corrected chi connectivity index (χ3v) is 1.82. The molecular weight excluding hydrogens is 142 g/mol. The minimum absolute atomic E-state index is 0.695. The van der Waals surface area contributed by atoms with Crippen molar-refractivity contribution in [2.45, 2.75) is 12.8 Å². The van der Waals surface area contributed by atoms with Gasteiger partial charge in [0.15, 0.2) is 0 Å². The predicted molar refractivity (Wildman–Crippen MR) is 38.7 cm³/mol. The Labute approximate surface area is 63.6 Å². The number of oxime groups is 1. The summed E-state index contributed by atoms with van der Waals surface area (Å²) in [6.45, 7) is 0. The summed E-state index contributed by atoms with van der Waals surface area (Å²) in [5, 5.41) is 11.7. The second-order valence-electron chi connectivity index (χ2n) is 2.43. The van der Waals surface area contributed by atoms with Gasteiger partial charge in [0.1, 0.15) is 6.33 Å². The summed E-state index contributed by atoms with van der Waals surface area (Å²) in [4.78, 5) is 7.91. The fourth-order valence-electron chi connectivity index (χ4n) is 1.27. The van der Waals surface area contributed by atoms with Crippen LogP contribution in [0.4, 0.5) is 0 Å². The van der Waals surface area contributed by atoms with Crippen LogP contribution in [0.3, 0.4) is 0 Å². The SMILES string of the molecule is O/N=C1/CCc2ncncc21. The normalized spacial score (nSPS) is 18.7. The second kappa shape index (κ2) is 2.30. The molecule has 0 bridgehead atoms. The van der Waals surface area contributed by atoms with Gasteiger partial charge in [0.2, 0.25) is 0 Å². The first-order valence-electron chi connectivity index (χ1n) is 3.42. The highest BCUT2D eigenvalue weighted by atomic mass is 16.4. The quantitative estimate of drug-likeness (QED) is 0.434. The number of aromatic nitrogens is 2. The number of aryl methyl sites for hydroxylation is 1. The Balaban J connectivity index is 2.55. The average molecular weight is 149 g/mol. The third-order valence-electron chi connectivity index (χ3n) is 1.82. The maximum absolute atomic E-state index is 8.55.